The van der Waals surface area contributed by atoms with Crippen LogP contribution in [0.1, 0.15) is 37.7 Å². The standard InChI is InChI=1S/C11H16ClN5S/c1-3-5-17-11(8(12)6-14-17)10(13-4-2)9-7-18-16-15-9/h6-7,10,13H,3-5H2,1-2H3. The molecule has 0 bridgehead atoms. The van der Waals surface area contributed by atoms with Gasteiger partial charge in [0.05, 0.1) is 28.6 Å². The smallest absolute Gasteiger partial charge is 0.0986 e. The molecule has 18 heavy (non-hydrogen) atoms. The van der Waals surface area contributed by atoms with Gasteiger partial charge in [0.15, 0.2) is 0 Å². The maximum Gasteiger partial charge on any atom is 0.0986 e. The summed E-state index contributed by atoms with van der Waals surface area (Å²) in [6.07, 6.45) is 2.70. The molecule has 5 nitrogen and oxygen atoms in total. The third-order valence-electron chi connectivity index (χ3n) is 2.62. The summed E-state index contributed by atoms with van der Waals surface area (Å²) in [6.45, 7) is 5.85. The van der Waals surface area contributed by atoms with E-state index in [0.717, 1.165) is 30.9 Å². The van der Waals surface area contributed by atoms with Gasteiger partial charge in [0.25, 0.3) is 0 Å². The fourth-order valence-electron chi connectivity index (χ4n) is 1.89. The highest BCUT2D eigenvalue weighted by Crippen LogP contribution is 2.27. The van der Waals surface area contributed by atoms with Gasteiger partial charge < -0.3 is 5.32 Å². The summed E-state index contributed by atoms with van der Waals surface area (Å²) < 4.78 is 5.86. The fourth-order valence-corrected chi connectivity index (χ4v) is 2.62. The molecule has 0 fully saturated rings. The molecule has 1 atom stereocenters. The van der Waals surface area contributed by atoms with Gasteiger partial charge in [-0.2, -0.15) is 5.10 Å². The first-order chi connectivity index (χ1) is 8.77. The van der Waals surface area contributed by atoms with Gasteiger partial charge in [-0.3, -0.25) is 4.68 Å². The van der Waals surface area contributed by atoms with Crippen molar-refractivity contribution in [2.45, 2.75) is 32.9 Å². The zero-order chi connectivity index (χ0) is 13.0. The van der Waals surface area contributed by atoms with Crippen LogP contribution in [-0.2, 0) is 6.54 Å². The van der Waals surface area contributed by atoms with Gasteiger partial charge in [0, 0.05) is 11.9 Å². The van der Waals surface area contributed by atoms with Crippen molar-refractivity contribution in [2.24, 2.45) is 0 Å². The number of nitrogens with one attached hydrogen (secondary N) is 1. The van der Waals surface area contributed by atoms with Crippen molar-refractivity contribution < 1.29 is 0 Å². The number of hydrogen-bond acceptors (Lipinski definition) is 5. The van der Waals surface area contributed by atoms with E-state index in [2.05, 4.69) is 33.8 Å². The molecule has 0 aliphatic rings. The minimum Gasteiger partial charge on any atom is -0.304 e. The summed E-state index contributed by atoms with van der Waals surface area (Å²) in [5.41, 5.74) is 1.86. The van der Waals surface area contributed by atoms with Gasteiger partial charge >= 0.3 is 0 Å². The number of aromatic nitrogens is 4. The average Bonchev–Trinajstić information content (AvgIpc) is 2.98. The number of hydrogen-bond donors (Lipinski definition) is 1. The number of nitrogens with zero attached hydrogens (tertiary/aromatic N) is 4. The highest BCUT2D eigenvalue weighted by molar-refractivity contribution is 7.03. The van der Waals surface area contributed by atoms with E-state index in [1.54, 1.807) is 6.20 Å². The van der Waals surface area contributed by atoms with Crippen molar-refractivity contribution in [1.29, 1.82) is 0 Å². The minimum absolute atomic E-state index is 0.0460. The average molecular weight is 286 g/mol. The third kappa shape index (κ3) is 2.71. The first kappa shape index (κ1) is 13.5. The molecule has 2 aromatic rings. The summed E-state index contributed by atoms with van der Waals surface area (Å²) in [5, 5.41) is 14.5. The van der Waals surface area contributed by atoms with Gasteiger partial charge in [-0.05, 0) is 24.5 Å². The summed E-state index contributed by atoms with van der Waals surface area (Å²) in [4.78, 5) is 0. The Bertz CT molecular complexity index is 482. The molecular weight excluding hydrogens is 270 g/mol. The zero-order valence-corrected chi connectivity index (χ0v) is 12.0. The molecule has 0 aromatic carbocycles. The molecule has 7 heteroatoms. The van der Waals surface area contributed by atoms with Crippen molar-refractivity contribution in [2.75, 3.05) is 6.54 Å². The lowest BCUT2D eigenvalue weighted by molar-refractivity contribution is 0.514. The first-order valence-corrected chi connectivity index (χ1v) is 7.20. The molecule has 0 aliphatic carbocycles. The van der Waals surface area contributed by atoms with E-state index in [-0.39, 0.29) is 6.04 Å². The molecule has 2 heterocycles. The van der Waals surface area contributed by atoms with E-state index in [1.807, 2.05) is 10.1 Å². The molecule has 0 saturated heterocycles. The van der Waals surface area contributed by atoms with Crippen LogP contribution in [0.15, 0.2) is 11.6 Å². The maximum atomic E-state index is 6.26. The highest BCUT2D eigenvalue weighted by atomic mass is 35.5. The molecule has 98 valence electrons. The second-order valence-electron chi connectivity index (χ2n) is 3.92. The molecule has 2 aromatic heterocycles. The normalized spacial score (nSPS) is 12.8. The Morgan fingerprint density at radius 2 is 2.33 bits per heavy atom. The second kappa shape index (κ2) is 6.26. The van der Waals surface area contributed by atoms with E-state index >= 15 is 0 Å². The maximum absolute atomic E-state index is 6.26. The summed E-state index contributed by atoms with van der Waals surface area (Å²) in [7, 11) is 0. The lowest BCUT2D eigenvalue weighted by Gasteiger charge is -2.17. The quantitative estimate of drug-likeness (QED) is 0.886. The van der Waals surface area contributed by atoms with Crippen LogP contribution in [-0.4, -0.2) is 25.9 Å². The van der Waals surface area contributed by atoms with Gasteiger partial charge in [-0.15, -0.1) is 5.10 Å². The van der Waals surface area contributed by atoms with Gasteiger partial charge in [0.1, 0.15) is 0 Å². The van der Waals surface area contributed by atoms with Crippen molar-refractivity contribution in [3.63, 3.8) is 0 Å². The van der Waals surface area contributed by atoms with E-state index in [9.17, 15) is 0 Å². The molecule has 0 saturated carbocycles. The summed E-state index contributed by atoms with van der Waals surface area (Å²) in [6, 6.07) is -0.0460. The Morgan fingerprint density at radius 3 is 2.94 bits per heavy atom. The Hall–Kier alpha value is -0.980. The molecule has 1 unspecified atom stereocenters. The molecule has 0 amide bonds. The second-order valence-corrected chi connectivity index (χ2v) is 4.94. The van der Waals surface area contributed by atoms with Crippen LogP contribution in [0.25, 0.3) is 0 Å². The lowest BCUT2D eigenvalue weighted by atomic mass is 10.1. The Labute approximate surface area is 115 Å². The Balaban J connectivity index is 2.39. The fraction of sp³-hybridized carbons (Fsp3) is 0.545. The Kier molecular flexibility index (Phi) is 4.68. The van der Waals surface area contributed by atoms with Crippen molar-refractivity contribution in [1.82, 2.24) is 24.7 Å². The molecule has 2 rings (SSSR count). The van der Waals surface area contributed by atoms with Gasteiger partial charge in [-0.25, -0.2) is 0 Å². The number of halogens is 1. The van der Waals surface area contributed by atoms with E-state index in [4.69, 9.17) is 11.6 Å². The third-order valence-corrected chi connectivity index (χ3v) is 3.44. The monoisotopic (exact) mass is 285 g/mol. The number of rotatable bonds is 6. The molecule has 0 radical (unpaired) electrons. The molecular formula is C11H16ClN5S. The minimum atomic E-state index is -0.0460. The van der Waals surface area contributed by atoms with Crippen LogP contribution in [0.5, 0.6) is 0 Å². The van der Waals surface area contributed by atoms with Crippen molar-refractivity contribution >= 4 is 23.1 Å². The van der Waals surface area contributed by atoms with Crippen molar-refractivity contribution in [3.05, 3.63) is 28.0 Å². The zero-order valence-electron chi connectivity index (χ0n) is 10.4. The topological polar surface area (TPSA) is 55.6 Å². The van der Waals surface area contributed by atoms with Crippen LogP contribution < -0.4 is 5.32 Å². The predicted molar refractivity (Wildman–Crippen MR) is 73.0 cm³/mol. The Morgan fingerprint density at radius 1 is 1.50 bits per heavy atom. The highest BCUT2D eigenvalue weighted by Gasteiger charge is 2.23. The van der Waals surface area contributed by atoms with E-state index in [1.165, 1.54) is 11.5 Å². The predicted octanol–water partition coefficient (Wildman–Crippen LogP) is 2.50. The lowest BCUT2D eigenvalue weighted by Crippen LogP contribution is -2.25. The SMILES string of the molecule is CCCn1ncc(Cl)c1C(NCC)c1csnn1. The molecule has 0 aliphatic heterocycles. The van der Waals surface area contributed by atoms with E-state index < -0.39 is 0 Å². The van der Waals surface area contributed by atoms with Gasteiger partial charge in [0.2, 0.25) is 0 Å². The van der Waals surface area contributed by atoms with Gasteiger partial charge in [-0.1, -0.05) is 29.9 Å². The molecule has 1 N–H and O–H groups in total. The number of aryl methyl sites for hydroxylation is 1. The van der Waals surface area contributed by atoms with E-state index in [0.29, 0.717) is 5.02 Å². The van der Waals surface area contributed by atoms with Crippen LogP contribution >= 0.6 is 23.1 Å². The summed E-state index contributed by atoms with van der Waals surface area (Å²) in [5.74, 6) is 0. The molecule has 0 spiro atoms. The first-order valence-electron chi connectivity index (χ1n) is 5.99. The largest absolute Gasteiger partial charge is 0.304 e. The van der Waals surface area contributed by atoms with Crippen molar-refractivity contribution in [3.8, 4) is 0 Å². The van der Waals surface area contributed by atoms with Crippen LogP contribution in [0, 0.1) is 0 Å². The van der Waals surface area contributed by atoms with Crippen LogP contribution in [0.3, 0.4) is 0 Å². The summed E-state index contributed by atoms with van der Waals surface area (Å²) >= 11 is 7.60. The van der Waals surface area contributed by atoms with Crippen LogP contribution in [0.2, 0.25) is 5.02 Å². The van der Waals surface area contributed by atoms with Crippen LogP contribution in [0.4, 0.5) is 0 Å².